The van der Waals surface area contributed by atoms with E-state index in [4.69, 9.17) is 5.73 Å². The van der Waals surface area contributed by atoms with Gasteiger partial charge in [-0.25, -0.2) is 0 Å². The van der Waals surface area contributed by atoms with Crippen molar-refractivity contribution in [3.63, 3.8) is 0 Å². The number of allylic oxidation sites excluding steroid dienone is 1. The van der Waals surface area contributed by atoms with E-state index in [0.29, 0.717) is 5.70 Å². The fourth-order valence-corrected chi connectivity index (χ4v) is 0.755. The lowest BCUT2D eigenvalue weighted by molar-refractivity contribution is -0.114. The first-order valence-corrected chi connectivity index (χ1v) is 2.74. The molecule has 2 N–H and O–H groups in total. The Balaban J connectivity index is 2.89. The van der Waals surface area contributed by atoms with Gasteiger partial charge in [-0.15, -0.1) is 0 Å². The predicted molar refractivity (Wildman–Crippen MR) is 35.0 cm³/mol. The third-order valence-corrected chi connectivity index (χ3v) is 1.26. The molecular weight excluding hydrogens is 116 g/mol. The van der Waals surface area contributed by atoms with Crippen LogP contribution in [0.15, 0.2) is 16.3 Å². The summed E-state index contributed by atoms with van der Waals surface area (Å²) in [6.45, 7) is 1.85. The number of nitrogens with zero attached hydrogens (tertiary/aromatic N) is 1. The first-order valence-electron chi connectivity index (χ1n) is 2.74. The van der Waals surface area contributed by atoms with Crippen molar-refractivity contribution in [3.8, 4) is 0 Å². The van der Waals surface area contributed by atoms with Gasteiger partial charge in [0.25, 0.3) is 5.91 Å². The van der Waals surface area contributed by atoms with Gasteiger partial charge in [0, 0.05) is 12.6 Å². The molecule has 0 radical (unpaired) electrons. The summed E-state index contributed by atoms with van der Waals surface area (Å²) in [6.07, 6.45) is 2.45. The molecule has 0 bridgehead atoms. The minimum atomic E-state index is -0.429. The summed E-state index contributed by atoms with van der Waals surface area (Å²) in [6, 6.07) is 0. The van der Waals surface area contributed by atoms with Gasteiger partial charge in [0.2, 0.25) is 0 Å². The number of primary amides is 1. The molecule has 9 heavy (non-hydrogen) atoms. The number of rotatable bonds is 1. The number of amides is 1. The Morgan fingerprint density at radius 3 is 2.78 bits per heavy atom. The second-order valence-corrected chi connectivity index (χ2v) is 2.01. The zero-order chi connectivity index (χ0) is 6.85. The zero-order valence-corrected chi connectivity index (χ0v) is 5.22. The standard InChI is InChI=1S/C6H8N2O/c1-4-2-3-8-5(4)6(7)9/h3H,2H2,1H3,(H2,7,9). The maximum Gasteiger partial charge on any atom is 0.267 e. The lowest BCUT2D eigenvalue weighted by Crippen LogP contribution is -2.12. The molecule has 0 aliphatic carbocycles. The lowest BCUT2D eigenvalue weighted by Gasteiger charge is -1.91. The van der Waals surface area contributed by atoms with Crippen LogP contribution in [0.1, 0.15) is 13.3 Å². The number of carbonyl (C=O) groups is 1. The van der Waals surface area contributed by atoms with Crippen molar-refractivity contribution in [1.29, 1.82) is 0 Å². The molecule has 3 heteroatoms. The highest BCUT2D eigenvalue weighted by Gasteiger charge is 2.10. The average Bonchev–Trinajstić information content (AvgIpc) is 2.13. The minimum absolute atomic E-state index is 0.426. The predicted octanol–water partition coefficient (Wildman–Crippen LogP) is 0.220. The summed E-state index contributed by atoms with van der Waals surface area (Å²) in [5, 5.41) is 0. The van der Waals surface area contributed by atoms with Gasteiger partial charge in [-0.3, -0.25) is 9.79 Å². The van der Waals surface area contributed by atoms with Crippen molar-refractivity contribution >= 4 is 12.1 Å². The summed E-state index contributed by atoms with van der Waals surface area (Å²) in [4.78, 5) is 14.3. The van der Waals surface area contributed by atoms with Crippen LogP contribution in [0.5, 0.6) is 0 Å². The van der Waals surface area contributed by atoms with Gasteiger partial charge >= 0.3 is 0 Å². The largest absolute Gasteiger partial charge is 0.364 e. The molecule has 0 aromatic carbocycles. The highest BCUT2D eigenvalue weighted by atomic mass is 16.1. The van der Waals surface area contributed by atoms with Crippen molar-refractivity contribution < 1.29 is 4.79 Å². The number of hydrogen-bond acceptors (Lipinski definition) is 2. The van der Waals surface area contributed by atoms with Crippen molar-refractivity contribution in [3.05, 3.63) is 11.3 Å². The van der Waals surface area contributed by atoms with Gasteiger partial charge in [-0.2, -0.15) is 0 Å². The molecule has 0 saturated heterocycles. The molecule has 1 aliphatic heterocycles. The van der Waals surface area contributed by atoms with Crippen LogP contribution in [0.3, 0.4) is 0 Å². The Bertz CT molecular complexity index is 203. The van der Waals surface area contributed by atoms with Crippen LogP contribution in [0.4, 0.5) is 0 Å². The minimum Gasteiger partial charge on any atom is -0.364 e. The molecule has 0 aromatic rings. The maximum absolute atomic E-state index is 10.5. The first-order chi connectivity index (χ1) is 4.22. The Morgan fingerprint density at radius 2 is 2.56 bits per heavy atom. The van der Waals surface area contributed by atoms with Crippen molar-refractivity contribution in [1.82, 2.24) is 0 Å². The molecule has 0 atom stereocenters. The summed E-state index contributed by atoms with van der Waals surface area (Å²) in [5.74, 6) is -0.429. The normalized spacial score (nSPS) is 17.0. The molecule has 48 valence electrons. The molecule has 0 unspecified atom stereocenters. The lowest BCUT2D eigenvalue weighted by atomic mass is 10.2. The maximum atomic E-state index is 10.5. The fourth-order valence-electron chi connectivity index (χ4n) is 0.755. The van der Waals surface area contributed by atoms with E-state index in [0.717, 1.165) is 12.0 Å². The van der Waals surface area contributed by atoms with E-state index in [1.165, 1.54) is 0 Å². The third-order valence-electron chi connectivity index (χ3n) is 1.26. The van der Waals surface area contributed by atoms with Crippen LogP contribution in [-0.2, 0) is 4.79 Å². The van der Waals surface area contributed by atoms with Crippen molar-refractivity contribution in [2.75, 3.05) is 0 Å². The van der Waals surface area contributed by atoms with E-state index in [-0.39, 0.29) is 0 Å². The topological polar surface area (TPSA) is 55.5 Å². The van der Waals surface area contributed by atoms with E-state index >= 15 is 0 Å². The SMILES string of the molecule is CC1=C(C(N)=O)N=CC1. The Hall–Kier alpha value is -1.12. The number of aliphatic imine (C=N–C) groups is 1. The molecule has 0 saturated carbocycles. The fraction of sp³-hybridized carbons (Fsp3) is 0.333. The molecule has 0 fully saturated rings. The molecule has 1 amide bonds. The van der Waals surface area contributed by atoms with E-state index in [1.807, 2.05) is 6.92 Å². The smallest absolute Gasteiger partial charge is 0.267 e. The van der Waals surface area contributed by atoms with Gasteiger partial charge in [-0.1, -0.05) is 0 Å². The monoisotopic (exact) mass is 124 g/mol. The van der Waals surface area contributed by atoms with Crippen LogP contribution in [0.25, 0.3) is 0 Å². The van der Waals surface area contributed by atoms with Crippen LogP contribution < -0.4 is 5.73 Å². The van der Waals surface area contributed by atoms with Gasteiger partial charge in [0.1, 0.15) is 5.70 Å². The van der Waals surface area contributed by atoms with E-state index in [2.05, 4.69) is 4.99 Å². The highest BCUT2D eigenvalue weighted by molar-refractivity contribution is 5.96. The van der Waals surface area contributed by atoms with Crippen molar-refractivity contribution in [2.45, 2.75) is 13.3 Å². The number of carbonyl (C=O) groups excluding carboxylic acids is 1. The summed E-state index contributed by atoms with van der Waals surface area (Å²) >= 11 is 0. The van der Waals surface area contributed by atoms with Gasteiger partial charge in [-0.05, 0) is 12.5 Å². The molecule has 1 heterocycles. The third kappa shape index (κ3) is 0.988. The first kappa shape index (κ1) is 6.01. The van der Waals surface area contributed by atoms with E-state index < -0.39 is 5.91 Å². The van der Waals surface area contributed by atoms with Gasteiger partial charge in [0.05, 0.1) is 0 Å². The average molecular weight is 124 g/mol. The quantitative estimate of drug-likeness (QED) is 0.534. The van der Waals surface area contributed by atoms with Crippen LogP contribution in [0.2, 0.25) is 0 Å². The summed E-state index contributed by atoms with van der Waals surface area (Å²) in [7, 11) is 0. The summed E-state index contributed by atoms with van der Waals surface area (Å²) < 4.78 is 0. The summed E-state index contributed by atoms with van der Waals surface area (Å²) in [5.41, 5.74) is 6.36. The number of hydrogen-bond donors (Lipinski definition) is 1. The van der Waals surface area contributed by atoms with Gasteiger partial charge in [0.15, 0.2) is 0 Å². The Morgan fingerprint density at radius 1 is 1.89 bits per heavy atom. The highest BCUT2D eigenvalue weighted by Crippen LogP contribution is 2.13. The van der Waals surface area contributed by atoms with Crippen molar-refractivity contribution in [2.24, 2.45) is 10.7 Å². The van der Waals surface area contributed by atoms with Crippen LogP contribution in [0, 0.1) is 0 Å². The molecule has 0 spiro atoms. The van der Waals surface area contributed by atoms with Gasteiger partial charge < -0.3 is 5.73 Å². The molecular formula is C6H8N2O. The van der Waals surface area contributed by atoms with E-state index in [9.17, 15) is 4.79 Å². The zero-order valence-electron chi connectivity index (χ0n) is 5.22. The molecule has 3 nitrogen and oxygen atoms in total. The molecule has 1 rings (SSSR count). The van der Waals surface area contributed by atoms with E-state index in [1.54, 1.807) is 6.21 Å². The van der Waals surface area contributed by atoms with Crippen LogP contribution in [-0.4, -0.2) is 12.1 Å². The second-order valence-electron chi connectivity index (χ2n) is 2.01. The Labute approximate surface area is 53.3 Å². The van der Waals surface area contributed by atoms with Crippen LogP contribution >= 0.6 is 0 Å². The Kier molecular flexibility index (Phi) is 1.34. The molecule has 0 aromatic heterocycles. The number of nitrogens with two attached hydrogens (primary N) is 1. The second kappa shape index (κ2) is 2.01. The molecule has 1 aliphatic rings.